The number of benzene rings is 2. The minimum atomic E-state index is -0.460. The quantitative estimate of drug-likeness (QED) is 0.126. The molecule has 2 aromatic heterocycles. The Hall–Kier alpha value is -5.38. The topological polar surface area (TPSA) is 136 Å². The van der Waals surface area contributed by atoms with E-state index in [2.05, 4.69) is 27.2 Å². The summed E-state index contributed by atoms with van der Waals surface area (Å²) >= 11 is 0. The molecule has 4 rings (SSSR count). The van der Waals surface area contributed by atoms with Crippen molar-refractivity contribution in [3.8, 4) is 0 Å². The van der Waals surface area contributed by atoms with Gasteiger partial charge in [0.25, 0.3) is 0 Å². The van der Waals surface area contributed by atoms with Crippen LogP contribution in [0.2, 0.25) is 0 Å². The number of pyridine rings is 2. The molecule has 0 fully saturated rings. The minimum Gasteiger partial charge on any atom is -0.334 e. The number of hydrogen-bond donors (Lipinski definition) is 2. The second-order valence-electron chi connectivity index (χ2n) is 7.82. The Labute approximate surface area is 261 Å². The van der Waals surface area contributed by atoms with Crippen LogP contribution < -0.4 is 10.6 Å². The first-order valence-electron chi connectivity index (χ1n) is 14.3. The monoisotopic (exact) mass is 602 g/mol. The highest BCUT2D eigenvalue weighted by Gasteiger charge is 2.14. The maximum absolute atomic E-state index is 10.8. The van der Waals surface area contributed by atoms with Crippen molar-refractivity contribution in [1.29, 1.82) is 0 Å². The van der Waals surface area contributed by atoms with Gasteiger partial charge in [0, 0.05) is 35.9 Å². The molecule has 236 valence electrons. The molecule has 2 N–H and O–H groups in total. The predicted octanol–water partition coefficient (Wildman–Crippen LogP) is 10.6. The largest absolute Gasteiger partial charge is 0.334 e. The fourth-order valence-corrected chi connectivity index (χ4v) is 2.80. The lowest BCUT2D eigenvalue weighted by atomic mass is 10.2. The van der Waals surface area contributed by atoms with Gasteiger partial charge in [0.1, 0.15) is 0 Å². The average Bonchev–Trinajstić information content (AvgIpc) is 3.05. The van der Waals surface area contributed by atoms with Crippen LogP contribution in [0.5, 0.6) is 0 Å². The van der Waals surface area contributed by atoms with Crippen LogP contribution in [0.15, 0.2) is 116 Å². The van der Waals surface area contributed by atoms with Crippen molar-refractivity contribution < 1.29 is 9.85 Å². The average molecular weight is 603 g/mol. The Morgan fingerprint density at radius 3 is 1.45 bits per heavy atom. The number of allylic oxidation sites excluding steroid dienone is 3. The van der Waals surface area contributed by atoms with Gasteiger partial charge in [-0.25, -0.2) is 9.97 Å². The van der Waals surface area contributed by atoms with Crippen molar-refractivity contribution in [2.24, 2.45) is 0 Å². The highest BCUT2D eigenvalue weighted by molar-refractivity contribution is 5.66. The first kappa shape index (κ1) is 40.8. The Bertz CT molecular complexity index is 1380. The number of aromatic nitrogens is 2. The van der Waals surface area contributed by atoms with E-state index < -0.39 is 9.85 Å². The molecule has 0 aliphatic heterocycles. The lowest BCUT2D eigenvalue weighted by Gasteiger charge is -2.06. The first-order chi connectivity index (χ1) is 21.3. The van der Waals surface area contributed by atoms with Crippen LogP contribution in [0.25, 0.3) is 0 Å². The molecule has 0 unspecified atom stereocenters. The molecule has 0 radical (unpaired) electrons. The zero-order valence-electron chi connectivity index (χ0n) is 27.0. The Balaban J connectivity index is 0. The molecule has 10 nitrogen and oxygen atoms in total. The molecule has 2 heterocycles. The lowest BCUT2D eigenvalue weighted by Crippen LogP contribution is -1.99. The van der Waals surface area contributed by atoms with Crippen LogP contribution in [0.1, 0.15) is 54.0 Å². The van der Waals surface area contributed by atoms with Crippen LogP contribution >= 0.6 is 0 Å². The standard InChI is InChI=1S/C12H11N3O2.C11H9N3O2.C4H8.C3H6.2C2H6/c1-9-4-2-5-10(8-9)14-12-11(15(16)17)6-3-7-13-12;15-14(16)10-7-4-8-12-11(10)13-9-5-2-1-3-6-9;1-3-4-2;1-3-2;2*1-2/h2-8H,1H3,(H,13,14);1-8H,(H,12,13);3-4H,1-2H3;3H,1H2,2H3;2*1-2H3. The van der Waals surface area contributed by atoms with Crippen LogP contribution in [0.4, 0.5) is 34.4 Å². The van der Waals surface area contributed by atoms with Gasteiger partial charge in [0.05, 0.1) is 9.85 Å². The molecule has 10 heteroatoms. The van der Waals surface area contributed by atoms with Gasteiger partial charge in [-0.3, -0.25) is 20.2 Å². The molecule has 2 aromatic carbocycles. The third-order valence-electron chi connectivity index (χ3n) is 4.62. The summed E-state index contributed by atoms with van der Waals surface area (Å²) in [6.07, 6.45) is 8.78. The zero-order valence-corrected chi connectivity index (χ0v) is 27.0. The molecule has 0 amide bonds. The lowest BCUT2D eigenvalue weighted by molar-refractivity contribution is -0.384. The second kappa shape index (κ2) is 26.5. The van der Waals surface area contributed by atoms with E-state index in [4.69, 9.17) is 0 Å². The van der Waals surface area contributed by atoms with Gasteiger partial charge in [-0.05, 0) is 69.7 Å². The number of nitrogens with zero attached hydrogens (tertiary/aromatic N) is 4. The molecule has 0 bridgehead atoms. The number of aryl methyl sites for hydroxylation is 1. The Morgan fingerprint density at radius 1 is 0.659 bits per heavy atom. The van der Waals surface area contributed by atoms with E-state index in [-0.39, 0.29) is 23.0 Å². The van der Waals surface area contributed by atoms with E-state index in [1.54, 1.807) is 12.1 Å². The zero-order chi connectivity index (χ0) is 33.8. The molecule has 0 saturated carbocycles. The van der Waals surface area contributed by atoms with Gasteiger partial charge in [0.15, 0.2) is 0 Å². The van der Waals surface area contributed by atoms with Crippen molar-refractivity contribution >= 4 is 34.4 Å². The highest BCUT2D eigenvalue weighted by atomic mass is 16.6. The van der Waals surface area contributed by atoms with Crippen LogP contribution in [-0.4, -0.2) is 19.8 Å². The molecular weight excluding hydrogens is 556 g/mol. The van der Waals surface area contributed by atoms with E-state index in [1.165, 1.54) is 30.6 Å². The van der Waals surface area contributed by atoms with Crippen molar-refractivity contribution in [1.82, 2.24) is 9.97 Å². The van der Waals surface area contributed by atoms with Crippen LogP contribution in [0.3, 0.4) is 0 Å². The van der Waals surface area contributed by atoms with Gasteiger partial charge >= 0.3 is 11.4 Å². The molecular formula is C34H46N6O4. The van der Waals surface area contributed by atoms with E-state index in [0.717, 1.165) is 16.9 Å². The summed E-state index contributed by atoms with van der Waals surface area (Å²) in [6, 6.07) is 22.7. The second-order valence-corrected chi connectivity index (χ2v) is 7.82. The molecule has 0 aliphatic carbocycles. The molecule has 0 aliphatic rings. The first-order valence-corrected chi connectivity index (χ1v) is 14.3. The SMILES string of the molecule is C=CC.CC.CC.CC=CC.Cc1cccc(Nc2ncccc2[N+](=O)[O-])c1.O=[N+]([O-])c1cccnc1Nc1ccccc1. The number of hydrogen-bond acceptors (Lipinski definition) is 8. The van der Waals surface area contributed by atoms with Crippen LogP contribution in [-0.2, 0) is 0 Å². The van der Waals surface area contributed by atoms with Crippen LogP contribution in [0, 0.1) is 27.2 Å². The van der Waals surface area contributed by atoms with Gasteiger partial charge in [-0.15, -0.1) is 6.58 Å². The smallest absolute Gasteiger partial charge is 0.311 e. The van der Waals surface area contributed by atoms with E-state index in [1.807, 2.05) is 122 Å². The van der Waals surface area contributed by atoms with Gasteiger partial charge < -0.3 is 10.6 Å². The van der Waals surface area contributed by atoms with Crippen molar-refractivity contribution in [2.45, 2.75) is 55.4 Å². The van der Waals surface area contributed by atoms with Crippen molar-refractivity contribution in [3.05, 3.63) is 142 Å². The third-order valence-corrected chi connectivity index (χ3v) is 4.62. The van der Waals surface area contributed by atoms with Crippen molar-refractivity contribution in [2.75, 3.05) is 10.6 Å². The molecule has 0 spiro atoms. The summed E-state index contributed by atoms with van der Waals surface area (Å²) in [4.78, 5) is 28.5. The number of nitro groups is 2. The maximum Gasteiger partial charge on any atom is 0.311 e. The Kier molecular flexibility index (Phi) is 24.6. The van der Waals surface area contributed by atoms with E-state index in [9.17, 15) is 20.2 Å². The molecule has 0 atom stereocenters. The van der Waals surface area contributed by atoms with Gasteiger partial charge in [0.2, 0.25) is 11.6 Å². The number of rotatable bonds is 6. The fourth-order valence-electron chi connectivity index (χ4n) is 2.80. The molecule has 4 aromatic rings. The summed E-state index contributed by atoms with van der Waals surface area (Å²) in [6.45, 7) is 19.2. The van der Waals surface area contributed by atoms with E-state index in [0.29, 0.717) is 0 Å². The third kappa shape index (κ3) is 17.4. The number of para-hydroxylation sites is 1. The van der Waals surface area contributed by atoms with Crippen molar-refractivity contribution in [3.63, 3.8) is 0 Å². The molecule has 44 heavy (non-hydrogen) atoms. The number of anilines is 4. The Morgan fingerprint density at radius 2 is 1.07 bits per heavy atom. The highest BCUT2D eigenvalue weighted by Crippen LogP contribution is 2.25. The van der Waals surface area contributed by atoms with E-state index >= 15 is 0 Å². The summed E-state index contributed by atoms with van der Waals surface area (Å²) < 4.78 is 0. The molecule has 0 saturated heterocycles. The normalized spacial score (nSPS) is 8.82. The summed E-state index contributed by atoms with van der Waals surface area (Å²) in [5.74, 6) is 0.502. The summed E-state index contributed by atoms with van der Waals surface area (Å²) in [5, 5.41) is 27.4. The summed E-state index contributed by atoms with van der Waals surface area (Å²) in [5.41, 5.74) is 2.56. The minimum absolute atomic E-state index is 0.0333. The van der Waals surface area contributed by atoms with Gasteiger partial charge in [-0.1, -0.05) is 76.3 Å². The summed E-state index contributed by atoms with van der Waals surface area (Å²) in [7, 11) is 0. The predicted molar refractivity (Wildman–Crippen MR) is 185 cm³/mol. The maximum atomic E-state index is 10.8. The van der Waals surface area contributed by atoms with Gasteiger partial charge in [-0.2, -0.15) is 0 Å². The number of nitrogens with one attached hydrogen (secondary N) is 2. The fraction of sp³-hybridized carbons (Fsp3) is 0.235.